The molecule has 0 aliphatic rings. The van der Waals surface area contributed by atoms with Crippen LogP contribution < -0.4 is 0 Å². The third-order valence-electron chi connectivity index (χ3n) is 4.34. The van der Waals surface area contributed by atoms with Gasteiger partial charge < -0.3 is 10.2 Å². The van der Waals surface area contributed by atoms with E-state index in [9.17, 15) is 5.11 Å². The maximum atomic E-state index is 9.73. The van der Waals surface area contributed by atoms with Crippen LogP contribution in [0.25, 0.3) is 12.2 Å². The lowest BCUT2D eigenvalue weighted by Crippen LogP contribution is -2.17. The van der Waals surface area contributed by atoms with E-state index in [2.05, 4.69) is 36.4 Å². The quantitative estimate of drug-likeness (QED) is 0.486. The normalized spacial score (nSPS) is 12.0. The van der Waals surface area contributed by atoms with Gasteiger partial charge in [0.2, 0.25) is 0 Å². The van der Waals surface area contributed by atoms with Crippen LogP contribution in [0.4, 0.5) is 0 Å². The van der Waals surface area contributed by atoms with Crippen molar-refractivity contribution in [3.05, 3.63) is 70.8 Å². The Labute approximate surface area is 151 Å². The van der Waals surface area contributed by atoms with E-state index in [1.54, 1.807) is 0 Å². The first-order chi connectivity index (χ1) is 12.0. The van der Waals surface area contributed by atoms with Gasteiger partial charge in [-0.25, -0.2) is 0 Å². The zero-order valence-electron chi connectivity index (χ0n) is 15.4. The summed E-state index contributed by atoms with van der Waals surface area (Å²) in [5, 5.41) is 18.8. The summed E-state index contributed by atoms with van der Waals surface area (Å²) in [5.74, 6) is 0. The Kier molecular flexibility index (Phi) is 7.42. The summed E-state index contributed by atoms with van der Waals surface area (Å²) >= 11 is 0. The molecule has 0 saturated carbocycles. The molecule has 0 bridgehead atoms. The fourth-order valence-electron chi connectivity index (χ4n) is 2.84. The fourth-order valence-corrected chi connectivity index (χ4v) is 2.84. The van der Waals surface area contributed by atoms with Crippen LogP contribution >= 0.6 is 0 Å². The molecule has 0 aliphatic heterocycles. The number of hydrogen-bond acceptors (Lipinski definition) is 2. The van der Waals surface area contributed by atoms with Crippen molar-refractivity contribution in [1.82, 2.24) is 0 Å². The van der Waals surface area contributed by atoms with Gasteiger partial charge in [-0.15, -0.1) is 0 Å². The van der Waals surface area contributed by atoms with Crippen molar-refractivity contribution in [3.63, 3.8) is 0 Å². The van der Waals surface area contributed by atoms with Gasteiger partial charge in [0.15, 0.2) is 0 Å². The summed E-state index contributed by atoms with van der Waals surface area (Å²) in [4.78, 5) is 0. The first kappa shape index (κ1) is 19.4. The van der Waals surface area contributed by atoms with Crippen LogP contribution in [0.3, 0.4) is 0 Å². The van der Waals surface area contributed by atoms with Crippen molar-refractivity contribution in [2.75, 3.05) is 0 Å². The summed E-state index contributed by atoms with van der Waals surface area (Å²) < 4.78 is 0. The molecule has 0 heterocycles. The van der Waals surface area contributed by atoms with Gasteiger partial charge in [0.1, 0.15) is 0 Å². The van der Waals surface area contributed by atoms with Gasteiger partial charge in [-0.05, 0) is 55.4 Å². The third kappa shape index (κ3) is 7.68. The molecule has 0 unspecified atom stereocenters. The van der Waals surface area contributed by atoms with Crippen molar-refractivity contribution in [2.24, 2.45) is 0 Å². The van der Waals surface area contributed by atoms with Crippen molar-refractivity contribution < 1.29 is 10.2 Å². The lowest BCUT2D eigenvalue weighted by Gasteiger charge is -2.16. The second-order valence-electron chi connectivity index (χ2n) is 7.35. The molecule has 134 valence electrons. The van der Waals surface area contributed by atoms with E-state index in [1.807, 2.05) is 38.1 Å². The maximum Gasteiger partial charge on any atom is 0.0681 e. The fraction of sp³-hybridized carbons (Fsp3) is 0.391. The van der Waals surface area contributed by atoms with Crippen molar-refractivity contribution >= 4 is 12.2 Å². The molecule has 2 nitrogen and oxygen atoms in total. The molecule has 0 aromatic heterocycles. The average Bonchev–Trinajstić information content (AvgIpc) is 2.59. The van der Waals surface area contributed by atoms with Gasteiger partial charge in [-0.2, -0.15) is 0 Å². The Morgan fingerprint density at radius 2 is 1.56 bits per heavy atom. The SMILES string of the molecule is CC(C)(O)CCCCCc1cccc(C=Cc2ccc(CO)cc2)c1. The Morgan fingerprint density at radius 3 is 2.24 bits per heavy atom. The van der Waals surface area contributed by atoms with Gasteiger partial charge in [-0.1, -0.05) is 73.5 Å². The highest BCUT2D eigenvalue weighted by Crippen LogP contribution is 2.16. The molecule has 2 aromatic rings. The number of hydrogen-bond donors (Lipinski definition) is 2. The highest BCUT2D eigenvalue weighted by atomic mass is 16.3. The number of unbranched alkanes of at least 4 members (excludes halogenated alkanes) is 2. The molecule has 0 atom stereocenters. The molecule has 2 N–H and O–H groups in total. The zero-order chi connectivity index (χ0) is 18.1. The summed E-state index contributed by atoms with van der Waals surface area (Å²) in [5.41, 5.74) is 4.10. The van der Waals surface area contributed by atoms with E-state index in [0.717, 1.165) is 43.2 Å². The Bertz CT molecular complexity index is 663. The van der Waals surface area contributed by atoms with Crippen LogP contribution in [0.1, 0.15) is 61.8 Å². The zero-order valence-corrected chi connectivity index (χ0v) is 15.4. The Hall–Kier alpha value is -1.90. The molecule has 2 heteroatoms. The van der Waals surface area contributed by atoms with Crippen LogP contribution in [0.2, 0.25) is 0 Å². The highest BCUT2D eigenvalue weighted by molar-refractivity contribution is 5.69. The summed E-state index contributed by atoms with van der Waals surface area (Å²) in [6, 6.07) is 16.6. The van der Waals surface area contributed by atoms with Gasteiger partial charge in [0.05, 0.1) is 12.2 Å². The second kappa shape index (κ2) is 9.55. The minimum atomic E-state index is -0.542. The first-order valence-electron chi connectivity index (χ1n) is 9.15. The van der Waals surface area contributed by atoms with E-state index in [0.29, 0.717) is 0 Å². The lowest BCUT2D eigenvalue weighted by atomic mass is 9.98. The van der Waals surface area contributed by atoms with E-state index < -0.39 is 5.60 Å². The second-order valence-corrected chi connectivity index (χ2v) is 7.35. The summed E-state index contributed by atoms with van der Waals surface area (Å²) in [6.45, 7) is 3.84. The summed E-state index contributed by atoms with van der Waals surface area (Å²) in [6.07, 6.45) is 9.57. The third-order valence-corrected chi connectivity index (χ3v) is 4.34. The molecule has 0 radical (unpaired) electrons. The molecule has 25 heavy (non-hydrogen) atoms. The van der Waals surface area contributed by atoms with Crippen LogP contribution in [0.15, 0.2) is 48.5 Å². The Morgan fingerprint density at radius 1 is 0.840 bits per heavy atom. The lowest BCUT2D eigenvalue weighted by molar-refractivity contribution is 0.0681. The van der Waals surface area contributed by atoms with E-state index in [-0.39, 0.29) is 6.61 Å². The van der Waals surface area contributed by atoms with Crippen molar-refractivity contribution in [3.8, 4) is 0 Å². The van der Waals surface area contributed by atoms with Gasteiger partial charge in [0.25, 0.3) is 0 Å². The predicted octanol–water partition coefficient (Wildman–Crippen LogP) is 5.22. The van der Waals surface area contributed by atoms with Crippen LogP contribution in [-0.4, -0.2) is 15.8 Å². The van der Waals surface area contributed by atoms with E-state index in [4.69, 9.17) is 5.11 Å². The number of aliphatic hydroxyl groups excluding tert-OH is 1. The van der Waals surface area contributed by atoms with Gasteiger partial charge in [0, 0.05) is 0 Å². The molecule has 0 spiro atoms. The van der Waals surface area contributed by atoms with Crippen molar-refractivity contribution in [1.29, 1.82) is 0 Å². The first-order valence-corrected chi connectivity index (χ1v) is 9.15. The smallest absolute Gasteiger partial charge is 0.0681 e. The standard InChI is InChI=1S/C23H30O2/c1-23(2,25)16-5-3-4-7-20-8-6-9-21(17-20)13-10-19-11-14-22(18-24)15-12-19/h6,8-15,17,24-25H,3-5,7,16,18H2,1-2H3. The number of benzene rings is 2. The maximum absolute atomic E-state index is 9.73. The molecular weight excluding hydrogens is 308 g/mol. The monoisotopic (exact) mass is 338 g/mol. The largest absolute Gasteiger partial charge is 0.392 e. The number of rotatable bonds is 9. The van der Waals surface area contributed by atoms with Crippen LogP contribution in [0.5, 0.6) is 0 Å². The molecule has 2 aromatic carbocycles. The number of aryl methyl sites for hydroxylation is 1. The van der Waals surface area contributed by atoms with Crippen LogP contribution in [0, 0.1) is 0 Å². The minimum Gasteiger partial charge on any atom is -0.392 e. The van der Waals surface area contributed by atoms with E-state index >= 15 is 0 Å². The minimum absolute atomic E-state index is 0.0852. The molecule has 0 fully saturated rings. The average molecular weight is 338 g/mol. The van der Waals surface area contributed by atoms with Gasteiger partial charge in [-0.3, -0.25) is 0 Å². The summed E-state index contributed by atoms with van der Waals surface area (Å²) in [7, 11) is 0. The molecule has 2 rings (SSSR count). The topological polar surface area (TPSA) is 40.5 Å². The molecule has 0 saturated heterocycles. The molecule has 0 aliphatic carbocycles. The van der Waals surface area contributed by atoms with Gasteiger partial charge >= 0.3 is 0 Å². The van der Waals surface area contributed by atoms with E-state index in [1.165, 1.54) is 11.1 Å². The van der Waals surface area contributed by atoms with Crippen LogP contribution in [-0.2, 0) is 13.0 Å². The Balaban J connectivity index is 1.84. The number of aliphatic hydroxyl groups is 2. The van der Waals surface area contributed by atoms with Crippen molar-refractivity contribution in [2.45, 2.75) is 58.2 Å². The molecule has 0 amide bonds. The highest BCUT2D eigenvalue weighted by Gasteiger charge is 2.10. The predicted molar refractivity (Wildman–Crippen MR) is 106 cm³/mol. The molecular formula is C23H30O2.